The fraction of sp³-hybridized carbons (Fsp3) is 0.409. The predicted molar refractivity (Wildman–Crippen MR) is 117 cm³/mol. The fourth-order valence-corrected chi connectivity index (χ4v) is 3.64. The minimum atomic E-state index is -0.0606. The first kappa shape index (κ1) is 21.8. The summed E-state index contributed by atoms with van der Waals surface area (Å²) in [5, 5.41) is 3.47. The van der Waals surface area contributed by atoms with Crippen molar-refractivity contribution in [2.75, 3.05) is 11.9 Å². The van der Waals surface area contributed by atoms with Crippen LogP contribution in [-0.4, -0.2) is 12.5 Å². The van der Waals surface area contributed by atoms with E-state index in [9.17, 15) is 4.79 Å². The molecule has 146 valence electrons. The number of anilines is 1. The maximum atomic E-state index is 12.2. The smallest absolute Gasteiger partial charge is 0.224 e. The molecule has 0 saturated heterocycles. The van der Waals surface area contributed by atoms with Gasteiger partial charge in [-0.3, -0.25) is 4.79 Å². The lowest BCUT2D eigenvalue weighted by molar-refractivity contribution is -0.116. The van der Waals surface area contributed by atoms with Gasteiger partial charge in [-0.15, -0.1) is 0 Å². The molecule has 3 nitrogen and oxygen atoms in total. The van der Waals surface area contributed by atoms with Crippen molar-refractivity contribution in [1.29, 1.82) is 0 Å². The molecule has 0 unspecified atom stereocenters. The van der Waals surface area contributed by atoms with Crippen LogP contribution >= 0.6 is 27.5 Å². The van der Waals surface area contributed by atoms with Crippen LogP contribution in [0.2, 0.25) is 5.02 Å². The van der Waals surface area contributed by atoms with E-state index in [4.69, 9.17) is 16.3 Å². The molecule has 0 saturated carbocycles. The molecule has 0 heterocycles. The lowest BCUT2D eigenvalue weighted by Gasteiger charge is -2.20. The van der Waals surface area contributed by atoms with Gasteiger partial charge in [0, 0.05) is 6.42 Å². The van der Waals surface area contributed by atoms with Crippen molar-refractivity contribution < 1.29 is 9.53 Å². The van der Waals surface area contributed by atoms with Crippen LogP contribution in [0.5, 0.6) is 5.75 Å². The molecular weight excluding hydrogens is 426 g/mol. The molecule has 5 heteroatoms. The van der Waals surface area contributed by atoms with Crippen LogP contribution in [0.15, 0.2) is 34.8 Å². The summed E-state index contributed by atoms with van der Waals surface area (Å²) < 4.78 is 6.75. The van der Waals surface area contributed by atoms with Gasteiger partial charge in [-0.05, 0) is 76.5 Å². The normalized spacial score (nSPS) is 11.4. The van der Waals surface area contributed by atoms with Crippen LogP contribution in [0.1, 0.15) is 50.3 Å². The van der Waals surface area contributed by atoms with Crippen molar-refractivity contribution in [2.24, 2.45) is 0 Å². The Bertz CT molecular complexity index is 805. The molecule has 2 aromatic carbocycles. The molecule has 0 atom stereocenters. The zero-order valence-electron chi connectivity index (χ0n) is 16.6. The first-order chi connectivity index (χ1) is 12.6. The molecule has 2 aromatic rings. The molecule has 0 aliphatic heterocycles. The quantitative estimate of drug-likeness (QED) is 0.489. The topological polar surface area (TPSA) is 38.3 Å². The summed E-state index contributed by atoms with van der Waals surface area (Å²) in [5.41, 5.74) is 4.06. The second kappa shape index (κ2) is 9.11. The van der Waals surface area contributed by atoms with Crippen LogP contribution in [0, 0.1) is 13.8 Å². The maximum absolute atomic E-state index is 12.2. The Morgan fingerprint density at radius 2 is 1.89 bits per heavy atom. The number of carbonyl (C=O) groups is 1. The zero-order chi connectivity index (χ0) is 20.2. The summed E-state index contributed by atoms with van der Waals surface area (Å²) in [5.74, 6) is 0.732. The highest BCUT2D eigenvalue weighted by atomic mass is 79.9. The number of amides is 1. The standard InChI is InChI=1S/C22H27BrClNO2/c1-14-11-15(2)21(18(24)12-14)25-20(26)7-6-10-27-19-9-8-16(13-17(19)23)22(3,4)5/h8-9,11-13H,6-7,10H2,1-5H3,(H,25,26). The number of hydrogen-bond donors (Lipinski definition) is 1. The van der Waals surface area contributed by atoms with E-state index in [1.54, 1.807) is 0 Å². The second-order valence-corrected chi connectivity index (χ2v) is 9.10. The van der Waals surface area contributed by atoms with Crippen molar-refractivity contribution in [3.63, 3.8) is 0 Å². The van der Waals surface area contributed by atoms with Gasteiger partial charge >= 0.3 is 0 Å². The molecule has 0 aliphatic rings. The van der Waals surface area contributed by atoms with Crippen LogP contribution in [-0.2, 0) is 10.2 Å². The molecule has 0 bridgehead atoms. The van der Waals surface area contributed by atoms with E-state index in [1.165, 1.54) is 5.56 Å². The molecule has 0 spiro atoms. The van der Waals surface area contributed by atoms with Gasteiger partial charge in [0.15, 0.2) is 0 Å². The number of benzene rings is 2. The van der Waals surface area contributed by atoms with E-state index >= 15 is 0 Å². The average molecular weight is 453 g/mol. The van der Waals surface area contributed by atoms with E-state index in [2.05, 4.69) is 54.2 Å². The molecule has 1 amide bonds. The number of aryl methyl sites for hydroxylation is 2. The van der Waals surface area contributed by atoms with Gasteiger partial charge in [-0.2, -0.15) is 0 Å². The fourth-order valence-electron chi connectivity index (χ4n) is 2.78. The number of hydrogen-bond acceptors (Lipinski definition) is 2. The summed E-state index contributed by atoms with van der Waals surface area (Å²) >= 11 is 9.81. The van der Waals surface area contributed by atoms with Crippen LogP contribution in [0.25, 0.3) is 0 Å². The lowest BCUT2D eigenvalue weighted by atomic mass is 9.87. The summed E-state index contributed by atoms with van der Waals surface area (Å²) in [6, 6.07) is 9.99. The molecule has 0 aliphatic carbocycles. The van der Waals surface area contributed by atoms with E-state index in [0.717, 1.165) is 21.3 Å². The van der Waals surface area contributed by atoms with Gasteiger partial charge in [0.25, 0.3) is 0 Å². The predicted octanol–water partition coefficient (Wildman–Crippen LogP) is 6.81. The van der Waals surface area contributed by atoms with Crippen LogP contribution in [0.4, 0.5) is 5.69 Å². The molecule has 0 radical (unpaired) electrons. The summed E-state index contributed by atoms with van der Waals surface area (Å²) in [6.07, 6.45) is 1.00. The third-order valence-corrected chi connectivity index (χ3v) is 5.22. The molecule has 2 rings (SSSR count). The van der Waals surface area contributed by atoms with Gasteiger partial charge < -0.3 is 10.1 Å². The number of nitrogens with one attached hydrogen (secondary N) is 1. The van der Waals surface area contributed by atoms with E-state index < -0.39 is 0 Å². The van der Waals surface area contributed by atoms with E-state index in [1.807, 2.05) is 32.0 Å². The van der Waals surface area contributed by atoms with Crippen molar-refractivity contribution in [3.8, 4) is 5.75 Å². The van der Waals surface area contributed by atoms with Crippen molar-refractivity contribution in [1.82, 2.24) is 0 Å². The van der Waals surface area contributed by atoms with Gasteiger partial charge in [-0.25, -0.2) is 0 Å². The average Bonchev–Trinajstić information content (AvgIpc) is 2.55. The summed E-state index contributed by atoms with van der Waals surface area (Å²) in [7, 11) is 0. The Hall–Kier alpha value is -1.52. The third-order valence-electron chi connectivity index (χ3n) is 4.30. The highest BCUT2D eigenvalue weighted by molar-refractivity contribution is 9.10. The van der Waals surface area contributed by atoms with Crippen LogP contribution < -0.4 is 10.1 Å². The molecule has 0 aromatic heterocycles. The number of carbonyl (C=O) groups excluding carboxylic acids is 1. The van der Waals surface area contributed by atoms with Gasteiger partial charge in [0.2, 0.25) is 5.91 Å². The highest BCUT2D eigenvalue weighted by Crippen LogP contribution is 2.31. The SMILES string of the molecule is Cc1cc(C)c(NC(=O)CCCOc2ccc(C(C)(C)C)cc2Br)c(Cl)c1. The van der Waals surface area contributed by atoms with Gasteiger partial charge in [0.05, 0.1) is 21.8 Å². The molecule has 1 N–H and O–H groups in total. The Morgan fingerprint density at radius 3 is 2.48 bits per heavy atom. The first-order valence-electron chi connectivity index (χ1n) is 9.07. The third kappa shape index (κ3) is 6.25. The Kier molecular flexibility index (Phi) is 7.35. The van der Waals surface area contributed by atoms with Crippen molar-refractivity contribution in [2.45, 2.75) is 52.9 Å². The minimum Gasteiger partial charge on any atom is -0.492 e. The minimum absolute atomic E-state index is 0.0606. The van der Waals surface area contributed by atoms with E-state index in [0.29, 0.717) is 30.2 Å². The Morgan fingerprint density at radius 1 is 1.19 bits per heavy atom. The highest BCUT2D eigenvalue weighted by Gasteiger charge is 2.15. The second-order valence-electron chi connectivity index (χ2n) is 7.83. The van der Waals surface area contributed by atoms with Crippen molar-refractivity contribution >= 4 is 39.1 Å². The summed E-state index contributed by atoms with van der Waals surface area (Å²) in [6.45, 7) is 10.9. The Balaban J connectivity index is 1.84. The Labute approximate surface area is 175 Å². The van der Waals surface area contributed by atoms with Gasteiger partial charge in [0.1, 0.15) is 5.75 Å². The number of ether oxygens (including phenoxy) is 1. The number of halogens is 2. The molecular formula is C22H27BrClNO2. The van der Waals surface area contributed by atoms with Gasteiger partial charge in [-0.1, -0.05) is 44.5 Å². The molecule has 0 fully saturated rings. The number of rotatable bonds is 6. The monoisotopic (exact) mass is 451 g/mol. The maximum Gasteiger partial charge on any atom is 0.224 e. The van der Waals surface area contributed by atoms with Crippen LogP contribution in [0.3, 0.4) is 0 Å². The summed E-state index contributed by atoms with van der Waals surface area (Å²) in [4.78, 5) is 12.2. The lowest BCUT2D eigenvalue weighted by Crippen LogP contribution is -2.14. The van der Waals surface area contributed by atoms with Crippen molar-refractivity contribution in [3.05, 3.63) is 56.5 Å². The van der Waals surface area contributed by atoms with E-state index in [-0.39, 0.29) is 11.3 Å². The largest absolute Gasteiger partial charge is 0.492 e. The zero-order valence-corrected chi connectivity index (χ0v) is 18.9. The molecule has 27 heavy (non-hydrogen) atoms. The first-order valence-corrected chi connectivity index (χ1v) is 10.2.